The Morgan fingerprint density at radius 3 is 2.69 bits per heavy atom. The maximum absolute atomic E-state index is 12.4. The molecule has 0 bridgehead atoms. The number of ether oxygens (including phenoxy) is 1. The van der Waals surface area contributed by atoms with E-state index in [0.29, 0.717) is 29.7 Å². The highest BCUT2D eigenvalue weighted by Crippen LogP contribution is 2.36. The molecule has 1 atom stereocenters. The second-order valence-electron chi connectivity index (χ2n) is 7.27. The molecule has 1 amide bonds. The molecule has 1 saturated heterocycles. The molecule has 1 aromatic carbocycles. The van der Waals surface area contributed by atoms with Gasteiger partial charge < -0.3 is 19.6 Å². The molecular weight excluding hydrogens is 394 g/mol. The van der Waals surface area contributed by atoms with E-state index < -0.39 is 9.84 Å². The molecule has 4 rings (SSSR count). The van der Waals surface area contributed by atoms with E-state index >= 15 is 0 Å². The van der Waals surface area contributed by atoms with Crippen molar-refractivity contribution in [1.82, 2.24) is 14.9 Å². The zero-order valence-electron chi connectivity index (χ0n) is 16.1. The van der Waals surface area contributed by atoms with Crippen molar-refractivity contribution in [2.75, 3.05) is 12.9 Å². The minimum absolute atomic E-state index is 0.0178. The van der Waals surface area contributed by atoms with Crippen LogP contribution in [0.5, 0.6) is 5.75 Å². The van der Waals surface area contributed by atoms with E-state index in [1.54, 1.807) is 31.6 Å². The van der Waals surface area contributed by atoms with E-state index in [4.69, 9.17) is 4.74 Å². The number of nitrogens with one attached hydrogen (secondary N) is 2. The third-order valence-corrected chi connectivity index (χ3v) is 6.20. The number of carbonyl (C=O) groups excluding carboxylic acids is 1. The number of aryl methyl sites for hydroxylation is 1. The topological polar surface area (TPSA) is 110 Å². The molecule has 2 N–H and O–H groups in total. The fourth-order valence-corrected chi connectivity index (χ4v) is 4.19. The number of fused-ring (bicyclic) bond motifs is 1. The number of H-pyrrole nitrogens is 1. The summed E-state index contributed by atoms with van der Waals surface area (Å²) in [5.74, 6) is 0.367. The molecule has 1 aliphatic heterocycles. The van der Waals surface area contributed by atoms with Crippen LogP contribution in [0.2, 0.25) is 0 Å². The maximum Gasteiger partial charge on any atom is 0.274 e. The number of amides is 1. The number of sulfone groups is 1. The van der Waals surface area contributed by atoms with E-state index in [0.717, 1.165) is 17.2 Å². The summed E-state index contributed by atoms with van der Waals surface area (Å²) >= 11 is 0. The monoisotopic (exact) mass is 415 g/mol. The Labute approximate surface area is 167 Å². The summed E-state index contributed by atoms with van der Waals surface area (Å²) < 4.78 is 31.5. The number of rotatable bonds is 5. The number of carbonyl (C=O) groups is 1. The average molecular weight is 415 g/mol. The van der Waals surface area contributed by atoms with Gasteiger partial charge in [-0.25, -0.2) is 8.42 Å². The number of benzene rings is 1. The van der Waals surface area contributed by atoms with Gasteiger partial charge in [-0.05, 0) is 30.7 Å². The van der Waals surface area contributed by atoms with E-state index in [1.807, 2.05) is 0 Å². The van der Waals surface area contributed by atoms with Gasteiger partial charge in [0.05, 0.1) is 10.9 Å². The minimum Gasteiger partial charge on any atom is -0.491 e. The average Bonchev–Trinajstić information content (AvgIpc) is 3.31. The highest BCUT2D eigenvalue weighted by atomic mass is 32.2. The van der Waals surface area contributed by atoms with Crippen molar-refractivity contribution in [3.05, 3.63) is 47.0 Å². The minimum atomic E-state index is -3.43. The van der Waals surface area contributed by atoms with Crippen molar-refractivity contribution in [3.63, 3.8) is 0 Å². The summed E-state index contributed by atoms with van der Waals surface area (Å²) in [7, 11) is -1.77. The standard InChI is InChI=1S/C20H21N3O5S/c1-23-10-16(15-7-8-21-19(15)20(23)25)14-5-4-13(29(2,26)27)9-17(14)28-11-12-3-6-18(24)22-12/h4-5,7-10,12,21H,3,6,11H2,1-2H3,(H,22,24)/t12-/m1/s1. The third kappa shape index (κ3) is 3.65. The van der Waals surface area contributed by atoms with Crippen LogP contribution in [0.15, 0.2) is 46.3 Å². The van der Waals surface area contributed by atoms with E-state index in [2.05, 4.69) is 10.3 Å². The molecule has 1 fully saturated rings. The lowest BCUT2D eigenvalue weighted by atomic mass is 10.0. The lowest BCUT2D eigenvalue weighted by Gasteiger charge is -2.17. The molecule has 0 radical (unpaired) electrons. The molecule has 9 heteroatoms. The van der Waals surface area contributed by atoms with Crippen LogP contribution in [-0.4, -0.2) is 42.8 Å². The molecular formula is C20H21N3O5S. The van der Waals surface area contributed by atoms with Crippen molar-refractivity contribution in [2.24, 2.45) is 7.05 Å². The number of aromatic amines is 1. The van der Waals surface area contributed by atoms with Gasteiger partial charge in [0.25, 0.3) is 5.56 Å². The summed E-state index contributed by atoms with van der Waals surface area (Å²) in [4.78, 5) is 26.9. The van der Waals surface area contributed by atoms with Crippen molar-refractivity contribution < 1.29 is 17.9 Å². The van der Waals surface area contributed by atoms with Crippen LogP contribution >= 0.6 is 0 Å². The van der Waals surface area contributed by atoms with E-state index in [1.165, 1.54) is 16.7 Å². The van der Waals surface area contributed by atoms with Crippen LogP contribution in [0.4, 0.5) is 0 Å². The molecule has 0 spiro atoms. The third-order valence-electron chi connectivity index (χ3n) is 5.09. The molecule has 8 nitrogen and oxygen atoms in total. The van der Waals surface area contributed by atoms with Gasteiger partial charge in [0.2, 0.25) is 5.91 Å². The highest BCUT2D eigenvalue weighted by Gasteiger charge is 2.23. The normalized spacial score (nSPS) is 16.9. The van der Waals surface area contributed by atoms with Gasteiger partial charge in [0, 0.05) is 48.6 Å². The van der Waals surface area contributed by atoms with E-state index in [9.17, 15) is 18.0 Å². The van der Waals surface area contributed by atoms with Gasteiger partial charge in [-0.15, -0.1) is 0 Å². The van der Waals surface area contributed by atoms with Gasteiger partial charge in [-0.1, -0.05) is 0 Å². The SMILES string of the molecule is Cn1cc(-c2ccc(S(C)(=O)=O)cc2OC[C@H]2CCC(=O)N2)c2cc[nH]c2c1=O. The summed E-state index contributed by atoms with van der Waals surface area (Å²) in [6.07, 6.45) is 5.66. The zero-order valence-corrected chi connectivity index (χ0v) is 16.9. The number of hydrogen-bond donors (Lipinski definition) is 2. The van der Waals surface area contributed by atoms with Crippen LogP contribution in [0, 0.1) is 0 Å². The predicted molar refractivity (Wildman–Crippen MR) is 109 cm³/mol. The van der Waals surface area contributed by atoms with Gasteiger partial charge >= 0.3 is 0 Å². The molecule has 29 heavy (non-hydrogen) atoms. The van der Waals surface area contributed by atoms with Crippen LogP contribution in [0.3, 0.4) is 0 Å². The Kier molecular flexibility index (Phi) is 4.70. The molecule has 0 saturated carbocycles. The summed E-state index contributed by atoms with van der Waals surface area (Å²) in [5.41, 5.74) is 1.72. The van der Waals surface area contributed by atoms with Gasteiger partial charge in [0.15, 0.2) is 9.84 Å². The van der Waals surface area contributed by atoms with Crippen LogP contribution in [0.1, 0.15) is 12.8 Å². The van der Waals surface area contributed by atoms with Gasteiger partial charge in [-0.3, -0.25) is 9.59 Å². The summed E-state index contributed by atoms with van der Waals surface area (Å²) in [6, 6.07) is 6.39. The smallest absolute Gasteiger partial charge is 0.274 e. The number of aromatic nitrogens is 2. The Morgan fingerprint density at radius 2 is 2.00 bits per heavy atom. The summed E-state index contributed by atoms with van der Waals surface area (Å²) in [5, 5.41) is 3.56. The molecule has 0 aliphatic carbocycles. The molecule has 1 aliphatic rings. The lowest BCUT2D eigenvalue weighted by Crippen LogP contribution is -2.31. The van der Waals surface area contributed by atoms with Crippen molar-refractivity contribution in [2.45, 2.75) is 23.8 Å². The number of hydrogen-bond acceptors (Lipinski definition) is 5. The number of nitrogens with zero attached hydrogens (tertiary/aromatic N) is 1. The Balaban J connectivity index is 1.82. The highest BCUT2D eigenvalue weighted by molar-refractivity contribution is 7.90. The lowest BCUT2D eigenvalue weighted by molar-refractivity contribution is -0.119. The molecule has 2 aromatic heterocycles. The molecule has 3 aromatic rings. The first kappa shape index (κ1) is 19.3. The summed E-state index contributed by atoms with van der Waals surface area (Å²) in [6.45, 7) is 0.230. The first-order valence-corrected chi connectivity index (χ1v) is 11.1. The fraction of sp³-hybridized carbons (Fsp3) is 0.300. The second-order valence-corrected chi connectivity index (χ2v) is 9.29. The van der Waals surface area contributed by atoms with E-state index in [-0.39, 0.29) is 29.0 Å². The second kappa shape index (κ2) is 7.07. The van der Waals surface area contributed by atoms with Crippen LogP contribution < -0.4 is 15.6 Å². The van der Waals surface area contributed by atoms with Crippen molar-refractivity contribution >= 4 is 26.6 Å². The first-order chi connectivity index (χ1) is 13.7. The largest absolute Gasteiger partial charge is 0.491 e. The predicted octanol–water partition coefficient (Wildman–Crippen LogP) is 1.59. The van der Waals surface area contributed by atoms with Gasteiger partial charge in [-0.2, -0.15) is 0 Å². The quantitative estimate of drug-likeness (QED) is 0.658. The molecule has 152 valence electrons. The van der Waals surface area contributed by atoms with Crippen LogP contribution in [0.25, 0.3) is 22.0 Å². The molecule has 0 unspecified atom stereocenters. The Morgan fingerprint density at radius 1 is 1.21 bits per heavy atom. The van der Waals surface area contributed by atoms with Crippen LogP contribution in [-0.2, 0) is 21.7 Å². The maximum atomic E-state index is 12.4. The fourth-order valence-electron chi connectivity index (χ4n) is 3.55. The van der Waals surface area contributed by atoms with Gasteiger partial charge in [0.1, 0.15) is 17.9 Å². The zero-order chi connectivity index (χ0) is 20.8. The Hall–Kier alpha value is -3.07. The van der Waals surface area contributed by atoms with Crippen molar-refractivity contribution in [1.29, 1.82) is 0 Å². The molecule has 3 heterocycles. The Bertz CT molecular complexity index is 1270. The van der Waals surface area contributed by atoms with Crippen molar-refractivity contribution in [3.8, 4) is 16.9 Å². The number of pyridine rings is 1. The first-order valence-electron chi connectivity index (χ1n) is 9.17.